The molecule has 4 unspecified atom stereocenters. The molecule has 0 aromatic heterocycles. The maximum absolute atomic E-state index is 6.62. The molecule has 0 radical (unpaired) electrons. The van der Waals surface area contributed by atoms with Gasteiger partial charge in [0.05, 0.1) is 5.54 Å². The molecule has 106 valence electrons. The third-order valence-electron chi connectivity index (χ3n) is 6.29. The van der Waals surface area contributed by atoms with Gasteiger partial charge in [-0.1, -0.05) is 23.2 Å². The van der Waals surface area contributed by atoms with Crippen LogP contribution in [0.25, 0.3) is 0 Å². The van der Waals surface area contributed by atoms with Crippen LogP contribution < -0.4 is 5.73 Å². The Hall–Kier alpha value is 2.57. The van der Waals surface area contributed by atoms with Crippen LogP contribution >= 0.6 is 104 Å². The van der Waals surface area contributed by atoms with Crippen molar-refractivity contribution in [1.29, 1.82) is 0 Å². The molecular formula is C9H2Cl9N. The minimum absolute atomic E-state index is 1.27. The summed E-state index contributed by atoms with van der Waals surface area (Å²) < 4.78 is -1.76. The average Bonchev–Trinajstić information content (AvgIpc) is 2.44. The van der Waals surface area contributed by atoms with Crippen molar-refractivity contribution < 1.29 is 0 Å². The van der Waals surface area contributed by atoms with Crippen LogP contribution in [0, 0.1) is 0 Å². The molecule has 8 atom stereocenters. The molecule has 6 fully saturated rings. The van der Waals surface area contributed by atoms with E-state index < -0.39 is 44.0 Å². The predicted molar refractivity (Wildman–Crippen MR) is 81.4 cm³/mol. The highest BCUT2D eigenvalue weighted by Gasteiger charge is 3.36. The molecule has 2 bridgehead atoms. The maximum atomic E-state index is 6.62. The molecule has 6 aliphatic rings. The van der Waals surface area contributed by atoms with E-state index in [0.717, 1.165) is 0 Å². The normalized spacial score (nSPS) is 87.5. The van der Waals surface area contributed by atoms with Crippen LogP contribution in [-0.2, 0) is 0 Å². The van der Waals surface area contributed by atoms with Gasteiger partial charge in [-0.05, 0) is 0 Å². The van der Waals surface area contributed by atoms with E-state index in [9.17, 15) is 0 Å². The quantitative estimate of drug-likeness (QED) is 0.567. The zero-order valence-corrected chi connectivity index (χ0v) is 15.3. The minimum Gasteiger partial charge on any atom is -0.320 e. The van der Waals surface area contributed by atoms with Crippen molar-refractivity contribution in [1.82, 2.24) is 0 Å². The van der Waals surface area contributed by atoms with Gasteiger partial charge in [0, 0.05) is 0 Å². The van der Waals surface area contributed by atoms with E-state index in [2.05, 4.69) is 0 Å². The van der Waals surface area contributed by atoms with Gasteiger partial charge in [0.15, 0.2) is 4.33 Å². The molecule has 6 aliphatic carbocycles. The molecule has 0 aromatic rings. The first-order chi connectivity index (χ1) is 8.25. The summed E-state index contributed by atoms with van der Waals surface area (Å²) in [7, 11) is 0. The highest BCUT2D eigenvalue weighted by atomic mass is 35.5. The van der Waals surface area contributed by atoms with E-state index in [1.54, 1.807) is 0 Å². The predicted octanol–water partition coefficient (Wildman–Crippen LogP) is 3.77. The number of rotatable bonds is 0. The zero-order valence-electron chi connectivity index (χ0n) is 8.48. The number of alkyl halides is 9. The van der Waals surface area contributed by atoms with Crippen LogP contribution in [0.5, 0.6) is 0 Å². The van der Waals surface area contributed by atoms with Crippen LogP contribution in [0.1, 0.15) is 0 Å². The Kier molecular flexibility index (Phi) is 1.81. The molecule has 0 aliphatic heterocycles. The van der Waals surface area contributed by atoms with Crippen molar-refractivity contribution in [3.63, 3.8) is 0 Å². The molecule has 19 heavy (non-hydrogen) atoms. The van der Waals surface area contributed by atoms with Crippen molar-refractivity contribution in [3.05, 3.63) is 0 Å². The fraction of sp³-hybridized carbons (Fsp3) is 1.00. The Balaban J connectivity index is 2.02. The lowest BCUT2D eigenvalue weighted by atomic mass is 9.13. The van der Waals surface area contributed by atoms with E-state index in [4.69, 9.17) is 110 Å². The first-order valence-electron chi connectivity index (χ1n) is 5.24. The monoisotopic (exact) mass is 439 g/mol. The molecule has 6 saturated carbocycles. The maximum Gasteiger partial charge on any atom is 0.163 e. The SMILES string of the molecule is NC12C3(Cl)[C@]4(Cl)C5(Cl)C(Cl)(Cl)C(Cl)([C@]14Cl)[C@]2(Cl)[C@]53Cl. The minimum atomic E-state index is -1.76. The molecule has 0 heterocycles. The summed E-state index contributed by atoms with van der Waals surface area (Å²) >= 11 is 59.1. The number of hydrogen-bond donors (Lipinski definition) is 1. The lowest BCUT2D eigenvalue weighted by Gasteiger charge is -3.05. The van der Waals surface area contributed by atoms with Crippen LogP contribution in [0.4, 0.5) is 0 Å². The van der Waals surface area contributed by atoms with Crippen molar-refractivity contribution >= 4 is 104 Å². The summed E-state index contributed by atoms with van der Waals surface area (Å²) in [6.07, 6.45) is 0. The average molecular weight is 443 g/mol. The topological polar surface area (TPSA) is 26.0 Å². The van der Waals surface area contributed by atoms with Gasteiger partial charge in [0.1, 0.15) is 34.1 Å². The fourth-order valence-corrected chi connectivity index (χ4v) is 13.8. The van der Waals surface area contributed by atoms with Gasteiger partial charge in [-0.3, -0.25) is 0 Å². The molecule has 0 aromatic carbocycles. The Bertz CT molecular complexity index is 549. The second kappa shape index (κ2) is 2.46. The molecular weight excluding hydrogens is 441 g/mol. The van der Waals surface area contributed by atoms with Gasteiger partial charge in [-0.15, -0.1) is 81.2 Å². The van der Waals surface area contributed by atoms with Gasteiger partial charge < -0.3 is 5.73 Å². The Morgan fingerprint density at radius 2 is 0.684 bits per heavy atom. The molecule has 0 saturated heterocycles. The number of hydrogen-bond acceptors (Lipinski definition) is 1. The molecule has 6 rings (SSSR count). The number of nitrogens with two attached hydrogens (primary N) is 1. The third-order valence-corrected chi connectivity index (χ3v) is 14.6. The van der Waals surface area contributed by atoms with E-state index >= 15 is 0 Å². The first kappa shape index (κ1) is 14.0. The Labute approximate surface area is 153 Å². The van der Waals surface area contributed by atoms with E-state index in [1.165, 1.54) is 0 Å². The van der Waals surface area contributed by atoms with Gasteiger partial charge in [0.25, 0.3) is 0 Å². The molecule has 0 spiro atoms. The standard InChI is InChI=1S/C9H2Cl9N/c10-1-3(12)2(11)5(14)7(16,4(1,13)8(3,5)19)9(17,18)6(1,2)15/h19H2/t1-,2+,3?,4+,5-,6?,7?,8?. The summed E-state index contributed by atoms with van der Waals surface area (Å²) in [5.41, 5.74) is 5.03. The molecule has 1 nitrogen and oxygen atoms in total. The van der Waals surface area contributed by atoms with Gasteiger partial charge in [-0.2, -0.15) is 0 Å². The highest BCUT2D eigenvalue weighted by Crippen LogP contribution is 3.15. The van der Waals surface area contributed by atoms with Crippen LogP contribution in [0.3, 0.4) is 0 Å². The summed E-state index contributed by atoms with van der Waals surface area (Å²) in [5.74, 6) is 0. The summed E-state index contributed by atoms with van der Waals surface area (Å²) in [6.45, 7) is 0. The largest absolute Gasteiger partial charge is 0.320 e. The Morgan fingerprint density at radius 1 is 0.421 bits per heavy atom. The van der Waals surface area contributed by atoms with Gasteiger partial charge in [0.2, 0.25) is 0 Å². The second-order valence-electron chi connectivity index (χ2n) is 5.99. The zero-order chi connectivity index (χ0) is 14.5. The van der Waals surface area contributed by atoms with Crippen LogP contribution in [-0.4, -0.2) is 44.0 Å². The molecule has 10 heteroatoms. The second-order valence-corrected chi connectivity index (χ2v) is 11.3. The fourth-order valence-electron chi connectivity index (χ4n) is 5.81. The summed E-state index contributed by atoms with van der Waals surface area (Å²) in [5, 5.41) is 0. The van der Waals surface area contributed by atoms with Crippen molar-refractivity contribution in [3.8, 4) is 0 Å². The third kappa shape index (κ3) is 0.496. The summed E-state index contributed by atoms with van der Waals surface area (Å²) in [4.78, 5) is -10.1. The lowest BCUT2D eigenvalue weighted by molar-refractivity contribution is -0.284. The van der Waals surface area contributed by atoms with E-state index in [0.29, 0.717) is 0 Å². The van der Waals surface area contributed by atoms with Gasteiger partial charge in [-0.25, -0.2) is 0 Å². The van der Waals surface area contributed by atoms with Crippen molar-refractivity contribution in [2.24, 2.45) is 5.73 Å². The Morgan fingerprint density at radius 3 is 1.05 bits per heavy atom. The summed E-state index contributed by atoms with van der Waals surface area (Å²) in [6, 6.07) is 0. The van der Waals surface area contributed by atoms with Crippen molar-refractivity contribution in [2.45, 2.75) is 44.0 Å². The molecule has 2 N–H and O–H groups in total. The first-order valence-corrected chi connectivity index (χ1v) is 8.64. The van der Waals surface area contributed by atoms with Crippen LogP contribution in [0.2, 0.25) is 0 Å². The highest BCUT2D eigenvalue weighted by molar-refractivity contribution is 6.78. The van der Waals surface area contributed by atoms with Crippen LogP contribution in [0.15, 0.2) is 0 Å². The number of halogens is 9. The van der Waals surface area contributed by atoms with E-state index in [-0.39, 0.29) is 0 Å². The van der Waals surface area contributed by atoms with E-state index in [1.807, 2.05) is 0 Å². The van der Waals surface area contributed by atoms with Gasteiger partial charge >= 0.3 is 0 Å². The lowest BCUT2D eigenvalue weighted by Crippen LogP contribution is -3.30. The molecule has 0 amide bonds. The smallest absolute Gasteiger partial charge is 0.163 e. The van der Waals surface area contributed by atoms with Crippen molar-refractivity contribution in [2.75, 3.05) is 0 Å².